The Morgan fingerprint density at radius 1 is 1.20 bits per heavy atom. The first-order chi connectivity index (χ1) is 7.25. The number of nitrogens with zero attached hydrogens (tertiary/aromatic N) is 1. The molecule has 76 valence electrons. The Kier molecular flexibility index (Phi) is 2.68. The second-order valence-electron chi connectivity index (χ2n) is 3.66. The fourth-order valence-electron chi connectivity index (χ4n) is 1.57. The van der Waals surface area contributed by atoms with Crippen LogP contribution >= 0.6 is 0 Å². The SMILES string of the molecule is Cc1cc(Cc2cccnc2)ccc1O. The van der Waals surface area contributed by atoms with Gasteiger partial charge in [-0.05, 0) is 42.2 Å². The van der Waals surface area contributed by atoms with Crippen molar-refractivity contribution >= 4 is 0 Å². The number of aromatic nitrogens is 1. The highest BCUT2D eigenvalue weighted by Gasteiger charge is 1.99. The minimum Gasteiger partial charge on any atom is -0.508 e. The van der Waals surface area contributed by atoms with Crippen molar-refractivity contribution in [3.8, 4) is 5.75 Å². The van der Waals surface area contributed by atoms with Crippen LogP contribution in [0.1, 0.15) is 16.7 Å². The molecule has 0 bridgehead atoms. The first-order valence-electron chi connectivity index (χ1n) is 4.93. The molecule has 2 nitrogen and oxygen atoms in total. The molecule has 0 unspecified atom stereocenters. The Hall–Kier alpha value is -1.83. The molecule has 0 atom stereocenters. The van der Waals surface area contributed by atoms with Crippen LogP contribution in [-0.4, -0.2) is 10.1 Å². The molecule has 0 saturated heterocycles. The van der Waals surface area contributed by atoms with Crippen molar-refractivity contribution in [2.24, 2.45) is 0 Å². The van der Waals surface area contributed by atoms with Gasteiger partial charge in [-0.25, -0.2) is 0 Å². The second kappa shape index (κ2) is 4.13. The van der Waals surface area contributed by atoms with Gasteiger partial charge < -0.3 is 5.11 Å². The molecule has 2 aromatic rings. The van der Waals surface area contributed by atoms with E-state index in [1.165, 1.54) is 11.1 Å². The summed E-state index contributed by atoms with van der Waals surface area (Å²) in [7, 11) is 0. The Labute approximate surface area is 89.2 Å². The number of benzene rings is 1. The van der Waals surface area contributed by atoms with E-state index >= 15 is 0 Å². The molecule has 0 fully saturated rings. The van der Waals surface area contributed by atoms with Crippen LogP contribution in [0.15, 0.2) is 42.7 Å². The lowest BCUT2D eigenvalue weighted by molar-refractivity contribution is 0.471. The van der Waals surface area contributed by atoms with E-state index in [4.69, 9.17) is 0 Å². The molecule has 0 radical (unpaired) electrons. The van der Waals surface area contributed by atoms with Gasteiger partial charge in [0.05, 0.1) is 0 Å². The van der Waals surface area contributed by atoms with Crippen LogP contribution in [0.3, 0.4) is 0 Å². The van der Waals surface area contributed by atoms with E-state index in [9.17, 15) is 5.11 Å². The normalized spacial score (nSPS) is 10.2. The van der Waals surface area contributed by atoms with Crippen molar-refractivity contribution in [1.29, 1.82) is 0 Å². The molecule has 2 rings (SSSR count). The molecular weight excluding hydrogens is 186 g/mol. The highest BCUT2D eigenvalue weighted by Crippen LogP contribution is 2.18. The Balaban J connectivity index is 2.22. The highest BCUT2D eigenvalue weighted by molar-refractivity contribution is 5.36. The zero-order valence-corrected chi connectivity index (χ0v) is 8.64. The topological polar surface area (TPSA) is 33.1 Å². The van der Waals surface area contributed by atoms with Gasteiger partial charge in [-0.2, -0.15) is 0 Å². The van der Waals surface area contributed by atoms with Crippen LogP contribution in [0.5, 0.6) is 5.75 Å². The number of pyridine rings is 1. The van der Waals surface area contributed by atoms with Crippen LogP contribution in [0, 0.1) is 6.92 Å². The van der Waals surface area contributed by atoms with Crippen molar-refractivity contribution in [2.45, 2.75) is 13.3 Å². The van der Waals surface area contributed by atoms with Gasteiger partial charge in [0.1, 0.15) is 5.75 Å². The van der Waals surface area contributed by atoms with E-state index in [1.807, 2.05) is 31.3 Å². The largest absolute Gasteiger partial charge is 0.508 e. The van der Waals surface area contributed by atoms with Crippen LogP contribution in [0.2, 0.25) is 0 Å². The summed E-state index contributed by atoms with van der Waals surface area (Å²) in [5.41, 5.74) is 3.29. The van der Waals surface area contributed by atoms with Gasteiger partial charge in [0.15, 0.2) is 0 Å². The summed E-state index contributed by atoms with van der Waals surface area (Å²) in [6.45, 7) is 1.90. The minimum atomic E-state index is 0.352. The van der Waals surface area contributed by atoms with Crippen molar-refractivity contribution in [3.63, 3.8) is 0 Å². The Bertz CT molecular complexity index is 451. The number of rotatable bonds is 2. The van der Waals surface area contributed by atoms with Gasteiger partial charge in [0, 0.05) is 12.4 Å². The first kappa shape index (κ1) is 9.71. The summed E-state index contributed by atoms with van der Waals surface area (Å²) in [6.07, 6.45) is 4.49. The van der Waals surface area contributed by atoms with Gasteiger partial charge in [0.25, 0.3) is 0 Å². The monoisotopic (exact) mass is 199 g/mol. The summed E-state index contributed by atoms with van der Waals surface area (Å²) in [6, 6.07) is 9.66. The van der Waals surface area contributed by atoms with Gasteiger partial charge in [-0.1, -0.05) is 18.2 Å². The van der Waals surface area contributed by atoms with Crippen LogP contribution in [0.4, 0.5) is 0 Å². The van der Waals surface area contributed by atoms with E-state index < -0.39 is 0 Å². The molecule has 1 aromatic carbocycles. The fraction of sp³-hybridized carbons (Fsp3) is 0.154. The fourth-order valence-corrected chi connectivity index (χ4v) is 1.57. The van der Waals surface area contributed by atoms with Gasteiger partial charge in [-0.15, -0.1) is 0 Å². The summed E-state index contributed by atoms with van der Waals surface area (Å²) in [4.78, 5) is 4.07. The Morgan fingerprint density at radius 3 is 2.73 bits per heavy atom. The lowest BCUT2D eigenvalue weighted by Crippen LogP contribution is -1.89. The lowest BCUT2D eigenvalue weighted by atomic mass is 10.0. The maximum Gasteiger partial charge on any atom is 0.118 e. The number of phenols is 1. The molecule has 2 heteroatoms. The molecule has 0 amide bonds. The highest BCUT2D eigenvalue weighted by atomic mass is 16.3. The molecule has 0 aliphatic carbocycles. The smallest absolute Gasteiger partial charge is 0.118 e. The van der Waals surface area contributed by atoms with Crippen molar-refractivity contribution in [2.75, 3.05) is 0 Å². The van der Waals surface area contributed by atoms with E-state index in [0.29, 0.717) is 5.75 Å². The third kappa shape index (κ3) is 2.34. The van der Waals surface area contributed by atoms with Gasteiger partial charge >= 0.3 is 0 Å². The van der Waals surface area contributed by atoms with E-state index in [2.05, 4.69) is 11.1 Å². The molecule has 0 aliphatic heterocycles. The van der Waals surface area contributed by atoms with Crippen LogP contribution < -0.4 is 0 Å². The third-order valence-electron chi connectivity index (χ3n) is 2.39. The van der Waals surface area contributed by atoms with E-state index in [0.717, 1.165) is 12.0 Å². The molecule has 1 aromatic heterocycles. The molecule has 0 aliphatic rings. The summed E-state index contributed by atoms with van der Waals surface area (Å²) < 4.78 is 0. The summed E-state index contributed by atoms with van der Waals surface area (Å²) >= 11 is 0. The van der Waals surface area contributed by atoms with Gasteiger partial charge in [-0.3, -0.25) is 4.98 Å². The molecule has 1 heterocycles. The van der Waals surface area contributed by atoms with E-state index in [1.54, 1.807) is 12.3 Å². The van der Waals surface area contributed by atoms with Crippen LogP contribution in [-0.2, 0) is 6.42 Å². The maximum atomic E-state index is 9.40. The molecule has 0 saturated carbocycles. The Morgan fingerprint density at radius 2 is 2.07 bits per heavy atom. The average molecular weight is 199 g/mol. The zero-order valence-electron chi connectivity index (χ0n) is 8.64. The molecular formula is C13H13NO. The predicted molar refractivity (Wildman–Crippen MR) is 59.9 cm³/mol. The molecule has 1 N–H and O–H groups in total. The predicted octanol–water partition coefficient (Wildman–Crippen LogP) is 2.69. The summed E-state index contributed by atoms with van der Waals surface area (Å²) in [5, 5.41) is 9.40. The van der Waals surface area contributed by atoms with Crippen molar-refractivity contribution in [3.05, 3.63) is 59.4 Å². The number of hydrogen-bond donors (Lipinski definition) is 1. The number of hydrogen-bond acceptors (Lipinski definition) is 2. The second-order valence-corrected chi connectivity index (χ2v) is 3.66. The van der Waals surface area contributed by atoms with Crippen molar-refractivity contribution < 1.29 is 5.11 Å². The number of aromatic hydroxyl groups is 1. The standard InChI is InChI=1S/C13H13NO/c1-10-7-11(4-5-13(10)15)8-12-3-2-6-14-9-12/h2-7,9,15H,8H2,1H3. The quantitative estimate of drug-likeness (QED) is 0.806. The molecule has 0 spiro atoms. The number of phenolic OH excluding ortho intramolecular Hbond substituents is 1. The minimum absolute atomic E-state index is 0.352. The third-order valence-corrected chi connectivity index (χ3v) is 2.39. The van der Waals surface area contributed by atoms with Crippen LogP contribution in [0.25, 0.3) is 0 Å². The van der Waals surface area contributed by atoms with Crippen molar-refractivity contribution in [1.82, 2.24) is 4.98 Å². The zero-order chi connectivity index (χ0) is 10.7. The summed E-state index contributed by atoms with van der Waals surface area (Å²) in [5.74, 6) is 0.352. The average Bonchev–Trinajstić information content (AvgIpc) is 2.25. The lowest BCUT2D eigenvalue weighted by Gasteiger charge is -2.04. The maximum absolute atomic E-state index is 9.40. The number of aryl methyl sites for hydroxylation is 1. The van der Waals surface area contributed by atoms with Gasteiger partial charge in [0.2, 0.25) is 0 Å². The van der Waals surface area contributed by atoms with E-state index in [-0.39, 0.29) is 0 Å². The first-order valence-corrected chi connectivity index (χ1v) is 4.93. The molecule has 15 heavy (non-hydrogen) atoms.